The lowest BCUT2D eigenvalue weighted by molar-refractivity contribution is -0.130. The number of benzene rings is 1. The molecule has 2 aromatic rings. The summed E-state index contributed by atoms with van der Waals surface area (Å²) < 4.78 is 24.4. The minimum Gasteiger partial charge on any atom is -0.353 e. The number of sulfone groups is 1. The van der Waals surface area contributed by atoms with Gasteiger partial charge in [-0.3, -0.25) is 19.3 Å². The Balaban J connectivity index is 1.40. The van der Waals surface area contributed by atoms with Crippen LogP contribution in [0.25, 0.3) is 10.2 Å². The number of hydrogen-bond acceptors (Lipinski definition) is 8. The molecule has 42 heavy (non-hydrogen) atoms. The number of halogens is 1. The lowest BCUT2D eigenvalue weighted by Crippen LogP contribution is -2.44. The molecule has 8 nitrogen and oxygen atoms in total. The quantitative estimate of drug-likeness (QED) is 0.268. The molecule has 0 bridgehead atoms. The number of fused-ring (bicyclic) bond motifs is 1. The Bertz CT molecular complexity index is 1390. The van der Waals surface area contributed by atoms with E-state index in [0.717, 1.165) is 47.3 Å². The molecule has 4 rings (SSSR count). The van der Waals surface area contributed by atoms with Crippen LogP contribution in [-0.2, 0) is 30.6 Å². The summed E-state index contributed by atoms with van der Waals surface area (Å²) in [6.45, 7) is 7.14. The van der Waals surface area contributed by atoms with Crippen molar-refractivity contribution in [1.29, 1.82) is 0 Å². The molecule has 1 N–H and O–H groups in total. The van der Waals surface area contributed by atoms with E-state index in [1.165, 1.54) is 11.3 Å². The number of ketones is 2. The highest BCUT2D eigenvalue weighted by Gasteiger charge is 2.31. The van der Waals surface area contributed by atoms with Gasteiger partial charge in [-0.15, -0.1) is 11.3 Å². The lowest BCUT2D eigenvalue weighted by atomic mass is 9.90. The van der Waals surface area contributed by atoms with E-state index < -0.39 is 15.8 Å². The van der Waals surface area contributed by atoms with E-state index in [0.29, 0.717) is 55.4 Å². The van der Waals surface area contributed by atoms with Crippen molar-refractivity contribution in [1.82, 2.24) is 15.2 Å². The Labute approximate surface area is 258 Å². The molecule has 1 aliphatic heterocycles. The Morgan fingerprint density at radius 1 is 1.17 bits per heavy atom. The second kappa shape index (κ2) is 15.0. The van der Waals surface area contributed by atoms with Crippen molar-refractivity contribution in [3.63, 3.8) is 0 Å². The lowest BCUT2D eigenvalue weighted by Gasteiger charge is -2.28. The highest BCUT2D eigenvalue weighted by Crippen LogP contribution is 2.31. The minimum atomic E-state index is -2.99. The summed E-state index contributed by atoms with van der Waals surface area (Å²) >= 11 is 7.65. The van der Waals surface area contributed by atoms with Crippen molar-refractivity contribution in [2.24, 2.45) is 11.8 Å². The molecule has 11 heteroatoms. The molecule has 0 spiro atoms. The Morgan fingerprint density at radius 3 is 2.57 bits per heavy atom. The molecule has 0 unspecified atom stereocenters. The molecule has 230 valence electrons. The molecule has 2 aliphatic rings. The summed E-state index contributed by atoms with van der Waals surface area (Å²) in [7, 11) is -2.99. The highest BCUT2D eigenvalue weighted by atomic mass is 35.5. The zero-order valence-corrected chi connectivity index (χ0v) is 26.8. The van der Waals surface area contributed by atoms with Crippen molar-refractivity contribution >= 4 is 60.5 Å². The van der Waals surface area contributed by atoms with Gasteiger partial charge >= 0.3 is 0 Å². The van der Waals surface area contributed by atoms with Crippen molar-refractivity contribution in [2.45, 2.75) is 77.2 Å². The predicted octanol–water partition coefficient (Wildman–Crippen LogP) is 5.18. The van der Waals surface area contributed by atoms with Crippen LogP contribution in [0.15, 0.2) is 30.4 Å². The first-order chi connectivity index (χ1) is 20.0. The van der Waals surface area contributed by atoms with Gasteiger partial charge in [0.1, 0.15) is 5.78 Å². The smallest absolute Gasteiger partial charge is 0.224 e. The zero-order chi connectivity index (χ0) is 30.3. The topological polar surface area (TPSA) is 114 Å². The van der Waals surface area contributed by atoms with Crippen molar-refractivity contribution in [2.75, 3.05) is 31.1 Å². The molecule has 1 aromatic carbocycles. The summed E-state index contributed by atoms with van der Waals surface area (Å²) in [6, 6.07) is 5.36. The van der Waals surface area contributed by atoms with Crippen LogP contribution in [0.2, 0.25) is 5.02 Å². The van der Waals surface area contributed by atoms with Crippen LogP contribution in [0.1, 0.15) is 69.7 Å². The van der Waals surface area contributed by atoms with Gasteiger partial charge in [-0.25, -0.2) is 13.4 Å². The van der Waals surface area contributed by atoms with Crippen LogP contribution in [0, 0.1) is 11.8 Å². The predicted molar refractivity (Wildman–Crippen MR) is 169 cm³/mol. The second-order valence-corrected chi connectivity index (χ2v) is 15.6. The third-order valence-electron chi connectivity index (χ3n) is 8.41. The molecule has 1 saturated heterocycles. The summed E-state index contributed by atoms with van der Waals surface area (Å²) in [5.41, 5.74) is 1.30. The van der Waals surface area contributed by atoms with Gasteiger partial charge in [0.15, 0.2) is 15.6 Å². The molecule has 2 fully saturated rings. The Kier molecular flexibility index (Phi) is 11.7. The number of Topliss-reactive ketones (excluding diaryl/α,β-unsaturated/α-hetero) is 2. The van der Waals surface area contributed by atoms with Gasteiger partial charge in [0, 0.05) is 62.0 Å². The number of aromatic nitrogens is 1. The monoisotopic (exact) mass is 635 g/mol. The molecular weight excluding hydrogens is 594 g/mol. The van der Waals surface area contributed by atoms with Crippen molar-refractivity contribution < 1.29 is 22.8 Å². The largest absolute Gasteiger partial charge is 0.353 e. The van der Waals surface area contributed by atoms with E-state index in [4.69, 9.17) is 16.6 Å². The maximum atomic E-state index is 13.8. The van der Waals surface area contributed by atoms with Crippen LogP contribution < -0.4 is 5.32 Å². The van der Waals surface area contributed by atoms with Crippen molar-refractivity contribution in [3.05, 3.63) is 40.4 Å². The van der Waals surface area contributed by atoms with Gasteiger partial charge in [-0.1, -0.05) is 37.9 Å². The minimum absolute atomic E-state index is 0.0523. The fraction of sp³-hybridized carbons (Fsp3) is 0.613. The fourth-order valence-electron chi connectivity index (χ4n) is 5.97. The molecule has 0 radical (unpaired) electrons. The number of thiazole rings is 1. The van der Waals surface area contributed by atoms with Gasteiger partial charge in [-0.05, 0) is 49.8 Å². The van der Waals surface area contributed by atoms with Crippen LogP contribution in [-0.4, -0.2) is 73.0 Å². The fourth-order valence-corrected chi connectivity index (χ4v) is 8.57. The number of rotatable bonds is 15. The number of hydrogen-bond donors (Lipinski definition) is 1. The number of amides is 1. The summed E-state index contributed by atoms with van der Waals surface area (Å²) in [5.74, 6) is -0.175. The first kappa shape index (κ1) is 32.8. The first-order valence-corrected chi connectivity index (χ1v) is 18.1. The first-order valence-electron chi connectivity index (χ1n) is 15.0. The highest BCUT2D eigenvalue weighted by molar-refractivity contribution is 7.91. The number of carbonyl (C=O) groups is 3. The number of carbonyl (C=O) groups excluding carboxylic acids is 3. The molecule has 1 aromatic heterocycles. The molecule has 2 atom stereocenters. The van der Waals surface area contributed by atoms with E-state index in [1.54, 1.807) is 6.07 Å². The second-order valence-electron chi connectivity index (χ2n) is 11.8. The Morgan fingerprint density at radius 2 is 1.88 bits per heavy atom. The van der Waals surface area contributed by atoms with Crippen LogP contribution in [0.5, 0.6) is 0 Å². The SMILES string of the molecule is C=C(CN1CCS(=O)(=O)CC1)C(=O)CC[C@@H](NC(=O)[C@@H](CC(=O)CCC)Cc1nc2ccc(Cl)cc2s1)C1CCCC1. The molecule has 2 heterocycles. The van der Waals surface area contributed by atoms with E-state index in [9.17, 15) is 22.8 Å². The van der Waals surface area contributed by atoms with Gasteiger partial charge in [0.25, 0.3) is 0 Å². The van der Waals surface area contributed by atoms with Crippen molar-refractivity contribution in [3.8, 4) is 0 Å². The average molecular weight is 636 g/mol. The standard InChI is InChI=1S/C31H42ClN3O5S2/c1-3-6-25(36)17-23(18-30-33-27-10-9-24(32)19-29(27)41-30)31(38)34-26(22-7-4-5-8-22)11-12-28(37)21(2)20-35-13-15-42(39,40)16-14-35/h9-10,19,22-23,26H,2-8,11-18,20H2,1H3,(H,34,38)/t23-,26+/m0/s1. The number of nitrogens with zero attached hydrogens (tertiary/aromatic N) is 2. The normalized spacial score (nSPS) is 19.0. The average Bonchev–Trinajstić information content (AvgIpc) is 3.61. The summed E-state index contributed by atoms with van der Waals surface area (Å²) in [6.07, 6.45) is 6.68. The third kappa shape index (κ3) is 9.43. The van der Waals surface area contributed by atoms with Gasteiger partial charge < -0.3 is 5.32 Å². The van der Waals surface area contributed by atoms with Crippen LogP contribution in [0.4, 0.5) is 0 Å². The van der Waals surface area contributed by atoms with Crippen LogP contribution >= 0.6 is 22.9 Å². The van der Waals surface area contributed by atoms with Gasteiger partial charge in [0.2, 0.25) is 5.91 Å². The van der Waals surface area contributed by atoms with Gasteiger partial charge in [0.05, 0.1) is 32.6 Å². The Hall–Kier alpha value is -2.14. The zero-order valence-electron chi connectivity index (χ0n) is 24.4. The molecular formula is C31H42ClN3O5S2. The van der Waals surface area contributed by atoms with Crippen LogP contribution in [0.3, 0.4) is 0 Å². The molecule has 1 saturated carbocycles. The maximum absolute atomic E-state index is 13.8. The number of nitrogens with one attached hydrogen (secondary N) is 1. The summed E-state index contributed by atoms with van der Waals surface area (Å²) in [5, 5.41) is 4.69. The van der Waals surface area contributed by atoms with E-state index in [1.807, 2.05) is 24.0 Å². The van der Waals surface area contributed by atoms with Gasteiger partial charge in [-0.2, -0.15) is 0 Å². The summed E-state index contributed by atoms with van der Waals surface area (Å²) in [4.78, 5) is 46.1. The van der Waals surface area contributed by atoms with E-state index in [2.05, 4.69) is 11.9 Å². The van der Waals surface area contributed by atoms with E-state index >= 15 is 0 Å². The molecule has 1 aliphatic carbocycles. The molecule has 1 amide bonds. The third-order valence-corrected chi connectivity index (χ3v) is 11.3. The van der Waals surface area contributed by atoms with E-state index in [-0.39, 0.29) is 47.9 Å². The maximum Gasteiger partial charge on any atom is 0.224 e.